The third-order valence-corrected chi connectivity index (χ3v) is 6.72. The van der Waals surface area contributed by atoms with Gasteiger partial charge in [0, 0.05) is 23.7 Å². The Morgan fingerprint density at radius 2 is 1.74 bits per heavy atom. The van der Waals surface area contributed by atoms with Crippen LogP contribution in [0.3, 0.4) is 0 Å². The van der Waals surface area contributed by atoms with Crippen LogP contribution in [0.2, 0.25) is 5.02 Å². The van der Waals surface area contributed by atoms with Gasteiger partial charge in [0.2, 0.25) is 11.8 Å². The van der Waals surface area contributed by atoms with Crippen molar-refractivity contribution < 1.29 is 19.1 Å². The van der Waals surface area contributed by atoms with Gasteiger partial charge in [-0.05, 0) is 63.5 Å². The van der Waals surface area contributed by atoms with Gasteiger partial charge in [0.05, 0.1) is 24.3 Å². The SMILES string of the molecule is CCN(CC1=C(c2ccc(Cl)cc2)C(=O)NC1(C)C)C(=O)[C@@H](COCc1ccccc1)NC(=O)C(C)(C)N.Cl. The number of hydrogen-bond donors (Lipinski definition) is 3. The Kier molecular flexibility index (Phi) is 11.1. The zero-order valence-electron chi connectivity index (χ0n) is 23.0. The lowest BCUT2D eigenvalue weighted by Crippen LogP contribution is -2.58. The van der Waals surface area contributed by atoms with Crippen molar-refractivity contribution in [1.82, 2.24) is 15.5 Å². The fraction of sp³-hybridized carbons (Fsp3) is 0.414. The number of carbonyl (C=O) groups excluding carboxylic acids is 3. The number of benzene rings is 2. The van der Waals surface area contributed by atoms with Crippen LogP contribution in [0.5, 0.6) is 0 Å². The van der Waals surface area contributed by atoms with E-state index in [0.29, 0.717) is 17.1 Å². The normalized spacial score (nSPS) is 15.3. The lowest BCUT2D eigenvalue weighted by molar-refractivity contribution is -0.139. The number of nitrogens with zero attached hydrogens (tertiary/aromatic N) is 1. The topological polar surface area (TPSA) is 114 Å². The van der Waals surface area contributed by atoms with Gasteiger partial charge in [-0.15, -0.1) is 12.4 Å². The van der Waals surface area contributed by atoms with E-state index in [1.54, 1.807) is 43.0 Å². The van der Waals surface area contributed by atoms with Crippen molar-refractivity contribution in [2.45, 2.75) is 58.3 Å². The molecule has 3 rings (SSSR count). The zero-order valence-corrected chi connectivity index (χ0v) is 24.6. The van der Waals surface area contributed by atoms with Crippen molar-refractivity contribution in [3.63, 3.8) is 0 Å². The molecule has 0 spiro atoms. The highest BCUT2D eigenvalue weighted by Gasteiger charge is 2.40. The van der Waals surface area contributed by atoms with Crippen LogP contribution < -0.4 is 16.4 Å². The molecule has 0 saturated heterocycles. The van der Waals surface area contributed by atoms with E-state index in [1.165, 1.54) is 0 Å². The van der Waals surface area contributed by atoms with Crippen LogP contribution in [-0.4, -0.2) is 59.4 Å². The Labute approximate surface area is 241 Å². The predicted molar refractivity (Wildman–Crippen MR) is 156 cm³/mol. The predicted octanol–water partition coefficient (Wildman–Crippen LogP) is 3.71. The number of nitrogens with one attached hydrogen (secondary N) is 2. The van der Waals surface area contributed by atoms with Gasteiger partial charge >= 0.3 is 0 Å². The molecule has 4 N–H and O–H groups in total. The largest absolute Gasteiger partial charge is 0.374 e. The molecule has 0 fully saturated rings. The Morgan fingerprint density at radius 3 is 2.31 bits per heavy atom. The fourth-order valence-corrected chi connectivity index (χ4v) is 4.34. The summed E-state index contributed by atoms with van der Waals surface area (Å²) in [7, 11) is 0. The Hall–Kier alpha value is -2.91. The molecule has 2 aromatic carbocycles. The number of amides is 3. The van der Waals surface area contributed by atoms with E-state index in [-0.39, 0.29) is 44.0 Å². The van der Waals surface area contributed by atoms with E-state index >= 15 is 0 Å². The van der Waals surface area contributed by atoms with Gasteiger partial charge in [0.1, 0.15) is 6.04 Å². The second-order valence-corrected chi connectivity index (χ2v) is 11.0. The van der Waals surface area contributed by atoms with Crippen molar-refractivity contribution in [3.8, 4) is 0 Å². The van der Waals surface area contributed by atoms with Gasteiger partial charge in [-0.2, -0.15) is 0 Å². The van der Waals surface area contributed by atoms with E-state index in [1.807, 2.05) is 51.1 Å². The second-order valence-electron chi connectivity index (χ2n) is 10.5. The van der Waals surface area contributed by atoms with Gasteiger partial charge in [0.15, 0.2) is 0 Å². The van der Waals surface area contributed by atoms with Crippen LogP contribution >= 0.6 is 24.0 Å². The van der Waals surface area contributed by atoms with Crippen LogP contribution in [0.25, 0.3) is 5.57 Å². The van der Waals surface area contributed by atoms with Crippen molar-refractivity contribution in [2.24, 2.45) is 5.73 Å². The highest BCUT2D eigenvalue weighted by atomic mass is 35.5. The molecule has 0 bridgehead atoms. The molecule has 3 amide bonds. The summed E-state index contributed by atoms with van der Waals surface area (Å²) in [6, 6.07) is 15.7. The maximum absolute atomic E-state index is 13.8. The molecular formula is C29H38Cl2N4O4. The maximum Gasteiger partial charge on any atom is 0.252 e. The molecule has 10 heteroatoms. The summed E-state index contributed by atoms with van der Waals surface area (Å²) >= 11 is 6.06. The highest BCUT2D eigenvalue weighted by molar-refractivity contribution is 6.31. The Bertz CT molecular complexity index is 1190. The Morgan fingerprint density at radius 1 is 1.13 bits per heavy atom. The van der Waals surface area contributed by atoms with Crippen LogP contribution in [0, 0.1) is 0 Å². The summed E-state index contributed by atoms with van der Waals surface area (Å²) in [6.45, 7) is 9.62. The van der Waals surface area contributed by atoms with E-state index in [4.69, 9.17) is 22.1 Å². The minimum atomic E-state index is -1.18. The van der Waals surface area contributed by atoms with Crippen LogP contribution in [0.1, 0.15) is 45.7 Å². The van der Waals surface area contributed by atoms with E-state index in [0.717, 1.165) is 16.7 Å². The van der Waals surface area contributed by atoms with Crippen LogP contribution in [-0.2, 0) is 25.7 Å². The summed E-state index contributed by atoms with van der Waals surface area (Å²) in [4.78, 5) is 41.1. The lowest BCUT2D eigenvalue weighted by Gasteiger charge is -2.32. The van der Waals surface area contributed by atoms with Crippen molar-refractivity contribution >= 4 is 47.3 Å². The van der Waals surface area contributed by atoms with Gasteiger partial charge in [-0.1, -0.05) is 54.1 Å². The number of carbonyl (C=O) groups is 3. The smallest absolute Gasteiger partial charge is 0.252 e. The first kappa shape index (κ1) is 32.3. The zero-order chi connectivity index (χ0) is 28.1. The minimum Gasteiger partial charge on any atom is -0.374 e. The van der Waals surface area contributed by atoms with Crippen molar-refractivity contribution in [2.75, 3.05) is 19.7 Å². The third-order valence-electron chi connectivity index (χ3n) is 6.47. The summed E-state index contributed by atoms with van der Waals surface area (Å²) in [6.07, 6.45) is 0. The van der Waals surface area contributed by atoms with Gasteiger partial charge in [-0.25, -0.2) is 0 Å². The number of likely N-dealkylation sites (N-methyl/N-ethyl adjacent to an activating group) is 1. The highest BCUT2D eigenvalue weighted by Crippen LogP contribution is 2.34. The summed E-state index contributed by atoms with van der Waals surface area (Å²) in [5.74, 6) is -0.998. The van der Waals surface area contributed by atoms with E-state index < -0.39 is 23.0 Å². The quantitative estimate of drug-likeness (QED) is 0.377. The molecule has 0 unspecified atom stereocenters. The molecule has 2 aromatic rings. The first-order chi connectivity index (χ1) is 17.8. The van der Waals surface area contributed by atoms with Crippen LogP contribution in [0.15, 0.2) is 60.2 Å². The molecule has 1 aliphatic rings. The molecule has 0 saturated carbocycles. The molecule has 0 radical (unpaired) electrons. The van der Waals surface area contributed by atoms with Crippen molar-refractivity contribution in [1.29, 1.82) is 0 Å². The first-order valence-electron chi connectivity index (χ1n) is 12.7. The molecule has 1 heterocycles. The molecular weight excluding hydrogens is 539 g/mol. The molecule has 39 heavy (non-hydrogen) atoms. The average Bonchev–Trinajstić information content (AvgIpc) is 3.08. The number of hydrogen-bond acceptors (Lipinski definition) is 5. The number of halogens is 2. The number of nitrogens with two attached hydrogens (primary N) is 1. The molecule has 8 nitrogen and oxygen atoms in total. The third kappa shape index (κ3) is 8.29. The Balaban J connectivity index is 0.00000533. The monoisotopic (exact) mass is 576 g/mol. The summed E-state index contributed by atoms with van der Waals surface area (Å²) in [5.41, 5.74) is 7.09. The van der Waals surface area contributed by atoms with E-state index in [9.17, 15) is 14.4 Å². The molecule has 0 aliphatic carbocycles. The van der Waals surface area contributed by atoms with Gasteiger partial charge in [0.25, 0.3) is 5.91 Å². The standard InChI is InChI=1S/C29H37ClN4O4.ClH/c1-6-34(16-22-24(25(35)33-29(22,4)5)20-12-14-21(30)15-13-20)26(36)23(32-27(37)28(2,3)31)18-38-17-19-10-8-7-9-11-19;/h7-15,23H,6,16-18,31H2,1-5H3,(H,32,37)(H,33,35);1H/t23-;/m1./s1. The maximum atomic E-state index is 13.8. The van der Waals surface area contributed by atoms with Crippen LogP contribution in [0.4, 0.5) is 0 Å². The molecule has 1 atom stereocenters. The van der Waals surface area contributed by atoms with Gasteiger partial charge in [-0.3, -0.25) is 14.4 Å². The molecule has 212 valence electrons. The lowest BCUT2D eigenvalue weighted by atomic mass is 9.90. The fourth-order valence-electron chi connectivity index (χ4n) is 4.21. The summed E-state index contributed by atoms with van der Waals surface area (Å²) in [5, 5.41) is 6.35. The van der Waals surface area contributed by atoms with Gasteiger partial charge < -0.3 is 26.0 Å². The molecule has 0 aromatic heterocycles. The first-order valence-corrected chi connectivity index (χ1v) is 13.0. The summed E-state index contributed by atoms with van der Waals surface area (Å²) < 4.78 is 5.85. The van der Waals surface area contributed by atoms with E-state index in [2.05, 4.69) is 10.6 Å². The van der Waals surface area contributed by atoms with Crippen molar-refractivity contribution in [3.05, 3.63) is 76.3 Å². The second kappa shape index (κ2) is 13.4. The minimum absolute atomic E-state index is 0. The molecule has 1 aliphatic heterocycles. The number of rotatable bonds is 11. The average molecular weight is 578 g/mol. The number of ether oxygens (including phenoxy) is 1.